The van der Waals surface area contributed by atoms with Crippen LogP contribution in [0.25, 0.3) is 0 Å². The highest BCUT2D eigenvalue weighted by molar-refractivity contribution is 7.89. The number of nitrogens with zero attached hydrogens (tertiary/aromatic N) is 1. The first-order valence-electron chi connectivity index (χ1n) is 6.34. The van der Waals surface area contributed by atoms with E-state index in [2.05, 4.69) is 6.92 Å². The number of carbonyl (C=O) groups excluding carboxylic acids is 1. The fourth-order valence-corrected chi connectivity index (χ4v) is 3.74. The Bertz CT molecular complexity index is 645. The van der Waals surface area contributed by atoms with Gasteiger partial charge in [-0.25, -0.2) is 13.6 Å². The summed E-state index contributed by atoms with van der Waals surface area (Å²) in [5.41, 5.74) is -0.0300. The van der Waals surface area contributed by atoms with Crippen LogP contribution in [-0.4, -0.2) is 31.8 Å². The second kappa shape index (κ2) is 5.35. The van der Waals surface area contributed by atoms with Crippen molar-refractivity contribution in [2.24, 2.45) is 11.1 Å². The summed E-state index contributed by atoms with van der Waals surface area (Å²) >= 11 is 6.03. The Hall–Kier alpha value is -1.11. The van der Waals surface area contributed by atoms with Crippen LogP contribution in [-0.2, 0) is 10.0 Å². The van der Waals surface area contributed by atoms with Gasteiger partial charge < -0.3 is 4.90 Å². The highest BCUT2D eigenvalue weighted by Crippen LogP contribution is 2.29. The van der Waals surface area contributed by atoms with Gasteiger partial charge in [-0.1, -0.05) is 24.6 Å². The van der Waals surface area contributed by atoms with Crippen LogP contribution < -0.4 is 5.14 Å². The second-order valence-electron chi connectivity index (χ2n) is 5.31. The number of halogens is 1. The molecule has 1 aliphatic heterocycles. The van der Waals surface area contributed by atoms with Crippen molar-refractivity contribution in [3.05, 3.63) is 28.8 Å². The molecule has 2 N–H and O–H groups in total. The molecule has 20 heavy (non-hydrogen) atoms. The molecule has 0 aliphatic carbocycles. The van der Waals surface area contributed by atoms with E-state index in [1.54, 1.807) is 4.90 Å². The van der Waals surface area contributed by atoms with E-state index in [4.69, 9.17) is 16.7 Å². The van der Waals surface area contributed by atoms with Gasteiger partial charge in [0.1, 0.15) is 0 Å². The number of carbonyl (C=O) groups is 1. The summed E-state index contributed by atoms with van der Waals surface area (Å²) in [6, 6.07) is 4.32. The average molecular weight is 317 g/mol. The van der Waals surface area contributed by atoms with Crippen LogP contribution in [0.5, 0.6) is 0 Å². The lowest BCUT2D eigenvalue weighted by Gasteiger charge is -2.23. The Balaban J connectivity index is 2.50. The first-order chi connectivity index (χ1) is 9.21. The maximum atomic E-state index is 12.6. The van der Waals surface area contributed by atoms with Crippen LogP contribution in [0, 0.1) is 5.92 Å². The topological polar surface area (TPSA) is 80.5 Å². The molecule has 1 saturated heterocycles. The number of rotatable bonds is 2. The van der Waals surface area contributed by atoms with Gasteiger partial charge in [-0.05, 0) is 31.4 Å². The summed E-state index contributed by atoms with van der Waals surface area (Å²) in [6.45, 7) is 4.58. The van der Waals surface area contributed by atoms with Crippen molar-refractivity contribution in [1.82, 2.24) is 4.90 Å². The number of primary sulfonamides is 1. The van der Waals surface area contributed by atoms with Gasteiger partial charge in [-0.3, -0.25) is 4.79 Å². The summed E-state index contributed by atoms with van der Waals surface area (Å²) < 4.78 is 23.2. The van der Waals surface area contributed by atoms with E-state index in [1.165, 1.54) is 18.2 Å². The van der Waals surface area contributed by atoms with Crippen LogP contribution in [0.3, 0.4) is 0 Å². The van der Waals surface area contributed by atoms with Crippen molar-refractivity contribution in [3.8, 4) is 0 Å². The molecule has 1 heterocycles. The first-order valence-corrected chi connectivity index (χ1v) is 8.26. The minimum atomic E-state index is -3.99. The van der Waals surface area contributed by atoms with Crippen LogP contribution in [0.4, 0.5) is 0 Å². The molecule has 0 radical (unpaired) electrons. The van der Waals surface area contributed by atoms with Crippen LogP contribution in [0.2, 0.25) is 5.02 Å². The Morgan fingerprint density at radius 1 is 1.40 bits per heavy atom. The summed E-state index contributed by atoms with van der Waals surface area (Å²) in [5, 5.41) is 5.27. The largest absolute Gasteiger partial charge is 0.336 e. The standard InChI is InChI=1S/C13H17ClN2O3S/c1-8-6-9(2)16(7-8)13(17)12-10(14)4-3-5-11(12)20(15,18)19/h3-5,8-9H,6-7H2,1-2H3,(H2,15,18,19). The summed E-state index contributed by atoms with van der Waals surface area (Å²) in [5.74, 6) is 0.00541. The Labute approximate surface area is 123 Å². The first kappa shape index (κ1) is 15.3. The molecule has 7 heteroatoms. The predicted molar refractivity (Wildman–Crippen MR) is 77.1 cm³/mol. The molecule has 0 spiro atoms. The molecule has 2 unspecified atom stereocenters. The number of likely N-dealkylation sites (tertiary alicyclic amines) is 1. The summed E-state index contributed by atoms with van der Waals surface area (Å²) in [4.78, 5) is 14.0. The summed E-state index contributed by atoms with van der Waals surface area (Å²) in [7, 11) is -3.99. The smallest absolute Gasteiger partial charge is 0.257 e. The number of hydrogen-bond acceptors (Lipinski definition) is 3. The number of hydrogen-bond donors (Lipinski definition) is 1. The van der Waals surface area contributed by atoms with E-state index in [9.17, 15) is 13.2 Å². The number of sulfonamides is 1. The fraction of sp³-hybridized carbons (Fsp3) is 0.462. The number of nitrogens with two attached hydrogens (primary N) is 1. The Morgan fingerprint density at radius 3 is 2.55 bits per heavy atom. The minimum Gasteiger partial charge on any atom is -0.336 e. The van der Waals surface area contributed by atoms with Gasteiger partial charge in [0.25, 0.3) is 5.91 Å². The van der Waals surface area contributed by atoms with Crippen molar-refractivity contribution >= 4 is 27.5 Å². The lowest BCUT2D eigenvalue weighted by atomic mass is 10.1. The molecule has 0 aromatic heterocycles. The monoisotopic (exact) mass is 316 g/mol. The maximum Gasteiger partial charge on any atom is 0.257 e. The Morgan fingerprint density at radius 2 is 2.05 bits per heavy atom. The molecule has 1 aromatic rings. The van der Waals surface area contributed by atoms with E-state index < -0.39 is 10.0 Å². The van der Waals surface area contributed by atoms with Crippen LogP contribution in [0.15, 0.2) is 23.1 Å². The third-order valence-corrected chi connectivity index (χ3v) is 4.81. The zero-order valence-electron chi connectivity index (χ0n) is 11.3. The van der Waals surface area contributed by atoms with Crippen molar-refractivity contribution in [2.45, 2.75) is 31.2 Å². The van der Waals surface area contributed by atoms with Crippen LogP contribution >= 0.6 is 11.6 Å². The van der Waals surface area contributed by atoms with E-state index in [-0.39, 0.29) is 27.4 Å². The molecule has 0 bridgehead atoms. The zero-order chi connectivity index (χ0) is 15.1. The SMILES string of the molecule is CC1CC(C)N(C(=O)c2c(Cl)cccc2S(N)(=O)=O)C1. The molecular formula is C13H17ClN2O3S. The fourth-order valence-electron chi connectivity index (χ4n) is 2.68. The zero-order valence-corrected chi connectivity index (χ0v) is 12.9. The van der Waals surface area contributed by atoms with E-state index in [0.717, 1.165) is 6.42 Å². The third kappa shape index (κ3) is 2.82. The van der Waals surface area contributed by atoms with E-state index in [0.29, 0.717) is 12.5 Å². The molecule has 1 amide bonds. The van der Waals surface area contributed by atoms with Crippen molar-refractivity contribution in [1.29, 1.82) is 0 Å². The number of benzene rings is 1. The molecule has 1 aliphatic rings. The quantitative estimate of drug-likeness (QED) is 0.904. The normalized spacial score (nSPS) is 23.1. The number of amides is 1. The third-order valence-electron chi connectivity index (χ3n) is 3.54. The summed E-state index contributed by atoms with van der Waals surface area (Å²) in [6.07, 6.45) is 0.890. The molecular weight excluding hydrogens is 300 g/mol. The van der Waals surface area contributed by atoms with Gasteiger partial charge in [-0.2, -0.15) is 0 Å². The van der Waals surface area contributed by atoms with Gasteiger partial charge in [-0.15, -0.1) is 0 Å². The van der Waals surface area contributed by atoms with Gasteiger partial charge in [0.2, 0.25) is 10.0 Å². The van der Waals surface area contributed by atoms with Gasteiger partial charge in [0.15, 0.2) is 0 Å². The minimum absolute atomic E-state index is 0.0300. The average Bonchev–Trinajstić information content (AvgIpc) is 2.66. The maximum absolute atomic E-state index is 12.6. The Kier molecular flexibility index (Phi) is 4.09. The molecule has 110 valence electrons. The van der Waals surface area contributed by atoms with E-state index >= 15 is 0 Å². The molecule has 2 atom stereocenters. The van der Waals surface area contributed by atoms with Gasteiger partial charge in [0, 0.05) is 12.6 Å². The molecule has 1 fully saturated rings. The van der Waals surface area contributed by atoms with Crippen LogP contribution in [0.1, 0.15) is 30.6 Å². The molecule has 2 rings (SSSR count). The second-order valence-corrected chi connectivity index (χ2v) is 7.24. The molecule has 5 nitrogen and oxygen atoms in total. The van der Waals surface area contributed by atoms with Gasteiger partial charge in [0.05, 0.1) is 15.5 Å². The highest BCUT2D eigenvalue weighted by atomic mass is 35.5. The highest BCUT2D eigenvalue weighted by Gasteiger charge is 2.33. The lowest BCUT2D eigenvalue weighted by molar-refractivity contribution is 0.0740. The molecule has 1 aromatic carbocycles. The van der Waals surface area contributed by atoms with Crippen molar-refractivity contribution in [2.75, 3.05) is 6.54 Å². The molecule has 0 saturated carbocycles. The van der Waals surface area contributed by atoms with Gasteiger partial charge >= 0.3 is 0 Å². The van der Waals surface area contributed by atoms with Crippen molar-refractivity contribution in [3.63, 3.8) is 0 Å². The van der Waals surface area contributed by atoms with E-state index in [1.807, 2.05) is 6.92 Å². The lowest BCUT2D eigenvalue weighted by Crippen LogP contribution is -2.35. The van der Waals surface area contributed by atoms with Crippen molar-refractivity contribution < 1.29 is 13.2 Å². The predicted octanol–water partition coefficient (Wildman–Crippen LogP) is 1.86.